The summed E-state index contributed by atoms with van der Waals surface area (Å²) in [6.07, 6.45) is 1.36. The van der Waals surface area contributed by atoms with Crippen molar-refractivity contribution in [2.75, 3.05) is 10.1 Å². The molecule has 11 heteroatoms. The first kappa shape index (κ1) is 25.0. The molecule has 9 nitrogen and oxygen atoms in total. The molecule has 0 amide bonds. The summed E-state index contributed by atoms with van der Waals surface area (Å²) in [4.78, 5) is 10.3. The molecule has 0 radical (unpaired) electrons. The van der Waals surface area contributed by atoms with Crippen molar-refractivity contribution in [2.24, 2.45) is 5.10 Å². The molecule has 4 rings (SSSR count). The van der Waals surface area contributed by atoms with Gasteiger partial charge in [-0.05, 0) is 55.8 Å². The zero-order valence-electron chi connectivity index (χ0n) is 19.2. The lowest BCUT2D eigenvalue weighted by molar-refractivity contribution is -0.385. The van der Waals surface area contributed by atoms with Crippen molar-refractivity contribution in [3.8, 4) is 11.3 Å². The molecule has 0 spiro atoms. The van der Waals surface area contributed by atoms with Crippen molar-refractivity contribution in [3.63, 3.8) is 0 Å². The molecule has 4 aromatic rings. The number of aryl methyl sites for hydroxylation is 2. The lowest BCUT2D eigenvalue weighted by Gasteiger charge is -2.14. The van der Waals surface area contributed by atoms with Gasteiger partial charge in [0.2, 0.25) is 0 Å². The van der Waals surface area contributed by atoms with Gasteiger partial charge in [-0.3, -0.25) is 20.3 Å². The van der Waals surface area contributed by atoms with E-state index in [4.69, 9.17) is 16.0 Å². The van der Waals surface area contributed by atoms with E-state index in [-0.39, 0.29) is 16.3 Å². The Bertz CT molecular complexity index is 1580. The van der Waals surface area contributed by atoms with Crippen LogP contribution in [0.4, 0.5) is 17.1 Å². The molecule has 0 fully saturated rings. The second kappa shape index (κ2) is 10.2. The topological polar surface area (TPSA) is 127 Å². The first-order valence-corrected chi connectivity index (χ1v) is 12.5. The van der Waals surface area contributed by atoms with Gasteiger partial charge in [0.25, 0.3) is 15.7 Å². The van der Waals surface area contributed by atoms with Gasteiger partial charge in [0.1, 0.15) is 16.4 Å². The first-order chi connectivity index (χ1) is 17.1. The standard InChI is InChI=1S/C25H21ClN4O5S/c1-16-7-10-22(17(2)13-16)29-36(33,34)25-14-18(30(31)32)8-11-23(25)28-27-15-19-9-12-24(35-19)20-5-3-4-6-21(20)26/h3-15,28-29H,1-2H3. The third kappa shape index (κ3) is 5.56. The first-order valence-electron chi connectivity index (χ1n) is 10.7. The number of nitro groups is 1. The molecule has 0 saturated heterocycles. The summed E-state index contributed by atoms with van der Waals surface area (Å²) in [6.45, 7) is 3.66. The number of furan rings is 1. The van der Waals surface area contributed by atoms with Gasteiger partial charge in [0.15, 0.2) is 0 Å². The number of nitrogens with zero attached hydrogens (tertiary/aromatic N) is 2. The number of hydrazone groups is 1. The van der Waals surface area contributed by atoms with Crippen molar-refractivity contribution < 1.29 is 17.8 Å². The summed E-state index contributed by atoms with van der Waals surface area (Å²) in [5.41, 5.74) is 5.08. The minimum atomic E-state index is -4.20. The minimum absolute atomic E-state index is 0.0481. The number of hydrogen-bond acceptors (Lipinski definition) is 7. The highest BCUT2D eigenvalue weighted by molar-refractivity contribution is 7.92. The van der Waals surface area contributed by atoms with E-state index in [1.165, 1.54) is 18.3 Å². The van der Waals surface area contributed by atoms with Gasteiger partial charge in [-0.2, -0.15) is 5.10 Å². The number of benzene rings is 3. The van der Waals surface area contributed by atoms with Crippen LogP contribution in [0.2, 0.25) is 5.02 Å². The van der Waals surface area contributed by atoms with Crippen LogP contribution >= 0.6 is 11.6 Å². The average Bonchev–Trinajstić information content (AvgIpc) is 3.30. The van der Waals surface area contributed by atoms with Crippen molar-refractivity contribution >= 4 is 44.9 Å². The van der Waals surface area contributed by atoms with Crippen molar-refractivity contribution in [1.29, 1.82) is 0 Å². The van der Waals surface area contributed by atoms with Crippen LogP contribution in [0.25, 0.3) is 11.3 Å². The third-order valence-electron chi connectivity index (χ3n) is 5.23. The van der Waals surface area contributed by atoms with Crippen molar-refractivity contribution in [2.45, 2.75) is 18.7 Å². The predicted molar refractivity (Wildman–Crippen MR) is 140 cm³/mol. The number of nitrogens with one attached hydrogen (secondary N) is 2. The predicted octanol–water partition coefficient (Wildman–Crippen LogP) is 6.37. The maximum atomic E-state index is 13.2. The number of hydrogen-bond donors (Lipinski definition) is 2. The Balaban J connectivity index is 1.61. The molecule has 1 aromatic heterocycles. The van der Waals surface area contributed by atoms with Crippen LogP contribution in [-0.2, 0) is 10.0 Å². The van der Waals surface area contributed by atoms with E-state index in [1.54, 1.807) is 37.3 Å². The van der Waals surface area contributed by atoms with Crippen LogP contribution in [0.3, 0.4) is 0 Å². The molecule has 0 aliphatic rings. The Morgan fingerprint density at radius 2 is 1.75 bits per heavy atom. The largest absolute Gasteiger partial charge is 0.455 e. The Hall–Kier alpha value is -4.15. The molecule has 36 heavy (non-hydrogen) atoms. The van der Waals surface area contributed by atoms with E-state index in [0.29, 0.717) is 33.4 Å². The Kier molecular flexibility index (Phi) is 7.09. The molecule has 3 aromatic carbocycles. The summed E-state index contributed by atoms with van der Waals surface area (Å²) in [5, 5.41) is 15.9. The van der Waals surface area contributed by atoms with E-state index < -0.39 is 14.9 Å². The maximum absolute atomic E-state index is 13.2. The molecule has 0 saturated carbocycles. The monoisotopic (exact) mass is 524 g/mol. The summed E-state index contributed by atoms with van der Waals surface area (Å²) >= 11 is 6.21. The summed E-state index contributed by atoms with van der Waals surface area (Å²) in [5.74, 6) is 0.926. The molecule has 0 bridgehead atoms. The Labute approximate surface area is 212 Å². The second-order valence-electron chi connectivity index (χ2n) is 7.91. The smallest absolute Gasteiger partial charge is 0.270 e. The van der Waals surface area contributed by atoms with Crippen LogP contribution in [0.1, 0.15) is 16.9 Å². The van der Waals surface area contributed by atoms with Crippen LogP contribution in [-0.4, -0.2) is 19.6 Å². The number of sulfonamides is 1. The third-order valence-corrected chi connectivity index (χ3v) is 6.97. The van der Waals surface area contributed by atoms with E-state index >= 15 is 0 Å². The highest BCUT2D eigenvalue weighted by Gasteiger charge is 2.23. The fraction of sp³-hybridized carbons (Fsp3) is 0.0800. The molecule has 184 valence electrons. The van der Waals surface area contributed by atoms with Gasteiger partial charge < -0.3 is 4.42 Å². The van der Waals surface area contributed by atoms with Crippen LogP contribution in [0.5, 0.6) is 0 Å². The number of rotatable bonds is 8. The fourth-order valence-electron chi connectivity index (χ4n) is 3.46. The van der Waals surface area contributed by atoms with Gasteiger partial charge in [0, 0.05) is 17.7 Å². The summed E-state index contributed by atoms with van der Waals surface area (Å²) in [7, 11) is -4.20. The zero-order valence-corrected chi connectivity index (χ0v) is 20.8. The number of anilines is 2. The quantitative estimate of drug-likeness (QED) is 0.156. The Morgan fingerprint density at radius 3 is 2.47 bits per heavy atom. The molecular formula is C25H21ClN4O5S. The lowest BCUT2D eigenvalue weighted by atomic mass is 10.1. The maximum Gasteiger partial charge on any atom is 0.270 e. The number of non-ortho nitro benzene ring substituents is 1. The van der Waals surface area contributed by atoms with E-state index in [2.05, 4.69) is 15.2 Å². The van der Waals surface area contributed by atoms with Gasteiger partial charge in [0.05, 0.1) is 27.5 Å². The average molecular weight is 525 g/mol. The minimum Gasteiger partial charge on any atom is -0.455 e. The second-order valence-corrected chi connectivity index (χ2v) is 9.97. The molecular weight excluding hydrogens is 504 g/mol. The number of nitro benzene ring substituents is 1. The number of halogens is 1. The van der Waals surface area contributed by atoms with Gasteiger partial charge >= 0.3 is 0 Å². The molecule has 0 aliphatic heterocycles. The van der Waals surface area contributed by atoms with Crippen LogP contribution in [0.15, 0.2) is 87.2 Å². The normalized spacial score (nSPS) is 11.5. The highest BCUT2D eigenvalue weighted by atomic mass is 35.5. The van der Waals surface area contributed by atoms with E-state index in [9.17, 15) is 18.5 Å². The summed E-state index contributed by atoms with van der Waals surface area (Å²) in [6, 6.07) is 19.3. The van der Waals surface area contributed by atoms with E-state index in [1.807, 2.05) is 31.2 Å². The van der Waals surface area contributed by atoms with Gasteiger partial charge in [-0.1, -0.05) is 41.4 Å². The molecule has 2 N–H and O–H groups in total. The Morgan fingerprint density at radius 1 is 1.00 bits per heavy atom. The van der Waals surface area contributed by atoms with E-state index in [0.717, 1.165) is 11.6 Å². The van der Waals surface area contributed by atoms with Gasteiger partial charge in [-0.15, -0.1) is 0 Å². The molecule has 0 aliphatic carbocycles. The van der Waals surface area contributed by atoms with Crippen LogP contribution in [0, 0.1) is 24.0 Å². The SMILES string of the molecule is Cc1ccc(NS(=O)(=O)c2cc([N+](=O)[O-])ccc2NN=Cc2ccc(-c3ccccc3Cl)o2)c(C)c1. The molecule has 0 atom stereocenters. The van der Waals surface area contributed by atoms with Crippen molar-refractivity contribution in [3.05, 3.63) is 105 Å². The molecule has 1 heterocycles. The van der Waals surface area contributed by atoms with Crippen LogP contribution < -0.4 is 10.1 Å². The summed E-state index contributed by atoms with van der Waals surface area (Å²) < 4.78 is 34.6. The zero-order chi connectivity index (χ0) is 25.9. The van der Waals surface area contributed by atoms with Crippen molar-refractivity contribution in [1.82, 2.24) is 0 Å². The van der Waals surface area contributed by atoms with Gasteiger partial charge in [-0.25, -0.2) is 8.42 Å². The fourth-order valence-corrected chi connectivity index (χ4v) is 5.00. The molecule has 0 unspecified atom stereocenters. The highest BCUT2D eigenvalue weighted by Crippen LogP contribution is 2.30. The lowest BCUT2D eigenvalue weighted by Crippen LogP contribution is -2.15.